The van der Waals surface area contributed by atoms with Crippen LogP contribution in [0.15, 0.2) is 195 Å². The molecule has 6 aromatic carbocycles. The molecule has 0 spiro atoms. The molecule has 0 saturated heterocycles. The first-order chi connectivity index (χ1) is 26.2. The third-order valence-electron chi connectivity index (χ3n) is 9.82. The molecule has 4 nitrogen and oxygen atoms in total. The Bertz CT molecular complexity index is 2680. The van der Waals surface area contributed by atoms with Crippen molar-refractivity contribution in [3.63, 3.8) is 0 Å². The summed E-state index contributed by atoms with van der Waals surface area (Å²) in [4.78, 5) is 12.5. The summed E-state index contributed by atoms with van der Waals surface area (Å²) in [7, 11) is 0. The molecule has 0 N–H and O–H groups in total. The van der Waals surface area contributed by atoms with E-state index < -0.39 is 0 Å². The van der Waals surface area contributed by atoms with Crippen LogP contribution >= 0.6 is 0 Å². The van der Waals surface area contributed by atoms with E-state index in [0.29, 0.717) is 5.82 Å². The zero-order valence-electron chi connectivity index (χ0n) is 29.4. The van der Waals surface area contributed by atoms with Gasteiger partial charge in [0, 0.05) is 50.2 Å². The molecule has 0 saturated carbocycles. The van der Waals surface area contributed by atoms with E-state index in [9.17, 15) is 0 Å². The van der Waals surface area contributed by atoms with E-state index >= 15 is 0 Å². The van der Waals surface area contributed by atoms with Gasteiger partial charge < -0.3 is 9.47 Å². The van der Waals surface area contributed by atoms with Gasteiger partial charge in [-0.2, -0.15) is 0 Å². The van der Waals surface area contributed by atoms with Gasteiger partial charge in [0.05, 0.1) is 34.0 Å². The Morgan fingerprint density at radius 3 is 1.87 bits per heavy atom. The minimum absolute atomic E-state index is 0.655. The van der Waals surface area contributed by atoms with Crippen molar-refractivity contribution >= 4 is 33.5 Å². The van der Waals surface area contributed by atoms with Crippen LogP contribution < -0.4 is 4.90 Å². The van der Waals surface area contributed by atoms with E-state index in [1.807, 2.05) is 43.4 Å². The van der Waals surface area contributed by atoms with Gasteiger partial charge >= 0.3 is 0 Å². The van der Waals surface area contributed by atoms with Crippen molar-refractivity contribution in [2.75, 3.05) is 4.90 Å². The zero-order valence-corrected chi connectivity index (χ0v) is 29.4. The highest BCUT2D eigenvalue weighted by Gasteiger charge is 2.31. The van der Waals surface area contributed by atoms with Crippen molar-refractivity contribution < 1.29 is 0 Å². The van der Waals surface area contributed by atoms with Crippen LogP contribution in [0.4, 0.5) is 17.1 Å². The lowest BCUT2D eigenvalue weighted by Crippen LogP contribution is -2.11. The molecule has 3 heterocycles. The average Bonchev–Trinajstić information content (AvgIpc) is 3.50. The van der Waals surface area contributed by atoms with Gasteiger partial charge in [-0.3, -0.25) is 0 Å². The van der Waals surface area contributed by atoms with Crippen LogP contribution in [0.1, 0.15) is 12.7 Å². The predicted molar refractivity (Wildman–Crippen MR) is 222 cm³/mol. The summed E-state index contributed by atoms with van der Waals surface area (Å²) in [5.74, 6) is 0.655. The molecule has 2 aromatic heterocycles. The minimum Gasteiger partial charge on any atom is -0.309 e. The summed E-state index contributed by atoms with van der Waals surface area (Å²) < 4.78 is 2.42. The van der Waals surface area contributed by atoms with Gasteiger partial charge in [0.1, 0.15) is 0 Å². The number of allylic oxidation sites excluding steroid dienone is 5. The highest BCUT2D eigenvalue weighted by molar-refractivity contribution is 6.13. The Balaban J connectivity index is 1.23. The molecule has 53 heavy (non-hydrogen) atoms. The summed E-state index contributed by atoms with van der Waals surface area (Å²) in [5, 5.41) is 1.22. The van der Waals surface area contributed by atoms with E-state index in [0.717, 1.165) is 50.8 Å². The minimum atomic E-state index is 0.655. The van der Waals surface area contributed by atoms with E-state index in [1.54, 1.807) is 6.08 Å². The number of fused-ring (bicyclic) bond motifs is 7. The lowest BCUT2D eigenvalue weighted by Gasteiger charge is -2.27. The first-order valence-corrected chi connectivity index (χ1v) is 17.9. The molecule has 0 bridgehead atoms. The SMILES string of the molecule is C=C/C=C(\C=C/C)c1nc(-c2ccccc2)cc(-c2ccc(N3c4ccccc4-c4c(n(-c5ccccc5)c5ccccc45)-c4ccccc43)cc2)n1. The fourth-order valence-corrected chi connectivity index (χ4v) is 7.54. The van der Waals surface area contributed by atoms with Crippen LogP contribution in [0.3, 0.4) is 0 Å². The number of hydrogen-bond acceptors (Lipinski definition) is 3. The summed E-state index contributed by atoms with van der Waals surface area (Å²) in [6.45, 7) is 5.93. The number of nitrogens with zero attached hydrogens (tertiary/aromatic N) is 4. The Labute approximate surface area is 310 Å². The van der Waals surface area contributed by atoms with Crippen LogP contribution in [-0.2, 0) is 0 Å². The van der Waals surface area contributed by atoms with Gasteiger partial charge in [-0.25, -0.2) is 9.97 Å². The van der Waals surface area contributed by atoms with Crippen molar-refractivity contribution in [2.45, 2.75) is 6.92 Å². The fourth-order valence-electron chi connectivity index (χ4n) is 7.54. The second kappa shape index (κ2) is 13.6. The normalized spacial score (nSPS) is 12.3. The van der Waals surface area contributed by atoms with Crippen molar-refractivity contribution in [3.05, 3.63) is 200 Å². The van der Waals surface area contributed by atoms with Crippen molar-refractivity contribution in [2.24, 2.45) is 0 Å². The van der Waals surface area contributed by atoms with Crippen LogP contribution in [0, 0.1) is 0 Å². The number of aromatic nitrogens is 3. The molecule has 8 aromatic rings. The topological polar surface area (TPSA) is 34.0 Å². The standard InChI is InChI=1S/C49H36N4/c1-3-17-36(18-4-2)49-50-42(34-19-7-5-8-20-34)33-43(51-49)35-29-31-38(32-30-35)52-44-26-14-11-23-39(44)47-40-24-12-15-27-45(40)53(37-21-9-6-10-22-37)48(47)41-25-13-16-28-46(41)52/h3-33H,1H2,2H3/b18-4-,36-17+. The molecular weight excluding hydrogens is 645 g/mol. The Morgan fingerprint density at radius 2 is 1.17 bits per heavy atom. The van der Waals surface area contributed by atoms with E-state index in [4.69, 9.17) is 9.97 Å². The molecule has 0 radical (unpaired) electrons. The van der Waals surface area contributed by atoms with Gasteiger partial charge in [-0.15, -0.1) is 0 Å². The molecule has 9 rings (SSSR count). The lowest BCUT2D eigenvalue weighted by atomic mass is 9.98. The quantitative estimate of drug-likeness (QED) is 0.157. The van der Waals surface area contributed by atoms with E-state index in [-0.39, 0.29) is 0 Å². The number of anilines is 3. The third-order valence-corrected chi connectivity index (χ3v) is 9.82. The summed E-state index contributed by atoms with van der Waals surface area (Å²) in [6, 6.07) is 58.1. The third kappa shape index (κ3) is 5.58. The summed E-state index contributed by atoms with van der Waals surface area (Å²) in [5.41, 5.74) is 15.1. The molecule has 1 aliphatic heterocycles. The van der Waals surface area contributed by atoms with E-state index in [2.05, 4.69) is 162 Å². The van der Waals surface area contributed by atoms with Gasteiger partial charge in [0.15, 0.2) is 5.82 Å². The zero-order chi connectivity index (χ0) is 35.7. The second-order valence-electron chi connectivity index (χ2n) is 13.0. The molecule has 252 valence electrons. The molecule has 1 aliphatic rings. The van der Waals surface area contributed by atoms with Gasteiger partial charge in [-0.1, -0.05) is 146 Å². The first kappa shape index (κ1) is 31.9. The first-order valence-electron chi connectivity index (χ1n) is 17.9. The van der Waals surface area contributed by atoms with Gasteiger partial charge in [0.25, 0.3) is 0 Å². The largest absolute Gasteiger partial charge is 0.309 e. The maximum absolute atomic E-state index is 5.09. The Kier molecular flexibility index (Phi) is 8.18. The predicted octanol–water partition coefficient (Wildman–Crippen LogP) is 13.0. The maximum Gasteiger partial charge on any atom is 0.160 e. The average molecular weight is 681 g/mol. The molecule has 0 fully saturated rings. The molecule has 0 atom stereocenters. The monoisotopic (exact) mass is 680 g/mol. The van der Waals surface area contributed by atoms with Crippen LogP contribution in [0.25, 0.3) is 67.1 Å². The second-order valence-corrected chi connectivity index (χ2v) is 13.0. The highest BCUT2D eigenvalue weighted by Crippen LogP contribution is 2.54. The molecule has 4 heteroatoms. The summed E-state index contributed by atoms with van der Waals surface area (Å²) in [6.07, 6.45) is 7.76. The van der Waals surface area contributed by atoms with Gasteiger partial charge in [0.2, 0.25) is 0 Å². The molecule has 0 amide bonds. The maximum atomic E-state index is 5.09. The van der Waals surface area contributed by atoms with Crippen LogP contribution in [-0.4, -0.2) is 14.5 Å². The van der Waals surface area contributed by atoms with Crippen LogP contribution in [0.5, 0.6) is 0 Å². The smallest absolute Gasteiger partial charge is 0.160 e. The lowest BCUT2D eigenvalue weighted by molar-refractivity contribution is 1.13. The van der Waals surface area contributed by atoms with Gasteiger partial charge in [-0.05, 0) is 55.5 Å². The fraction of sp³-hybridized carbons (Fsp3) is 0.0204. The number of hydrogen-bond donors (Lipinski definition) is 0. The van der Waals surface area contributed by atoms with Crippen molar-refractivity contribution in [1.82, 2.24) is 14.5 Å². The molecule has 0 unspecified atom stereocenters. The van der Waals surface area contributed by atoms with Crippen molar-refractivity contribution in [1.29, 1.82) is 0 Å². The number of benzene rings is 6. The molecule has 0 aliphatic carbocycles. The number of rotatable bonds is 7. The Hall–Kier alpha value is -7.04. The molecular formula is C49H36N4. The Morgan fingerprint density at radius 1 is 0.585 bits per heavy atom. The van der Waals surface area contributed by atoms with Crippen LogP contribution in [0.2, 0.25) is 0 Å². The number of para-hydroxylation sites is 4. The highest BCUT2D eigenvalue weighted by atomic mass is 15.2. The van der Waals surface area contributed by atoms with E-state index in [1.165, 1.54) is 33.3 Å². The summed E-state index contributed by atoms with van der Waals surface area (Å²) >= 11 is 0. The van der Waals surface area contributed by atoms with Crippen molar-refractivity contribution in [3.8, 4) is 50.6 Å².